The van der Waals surface area contributed by atoms with Crippen LogP contribution in [0.25, 0.3) is 11.3 Å². The number of amides is 3. The van der Waals surface area contributed by atoms with Crippen molar-refractivity contribution in [2.24, 2.45) is 11.7 Å². The summed E-state index contributed by atoms with van der Waals surface area (Å²) >= 11 is 6.36. The van der Waals surface area contributed by atoms with Crippen molar-refractivity contribution in [2.45, 2.75) is 51.9 Å². The highest BCUT2D eigenvalue weighted by molar-refractivity contribution is 6.31. The molecule has 4 rings (SSSR count). The van der Waals surface area contributed by atoms with Gasteiger partial charge in [0.05, 0.1) is 31.0 Å². The zero-order valence-electron chi connectivity index (χ0n) is 18.2. The molecule has 0 bridgehead atoms. The molecule has 178 valence electrons. The summed E-state index contributed by atoms with van der Waals surface area (Å²) in [5.41, 5.74) is 8.63. The second-order valence-electron chi connectivity index (χ2n) is 8.33. The van der Waals surface area contributed by atoms with E-state index in [-0.39, 0.29) is 36.7 Å². The van der Waals surface area contributed by atoms with Crippen molar-refractivity contribution in [1.82, 2.24) is 20.0 Å². The van der Waals surface area contributed by atoms with Gasteiger partial charge < -0.3 is 20.7 Å². The number of aryl methyl sites for hydroxylation is 1. The van der Waals surface area contributed by atoms with Crippen LogP contribution in [0.1, 0.15) is 41.4 Å². The first kappa shape index (κ1) is 23.4. The van der Waals surface area contributed by atoms with Crippen LogP contribution in [0.15, 0.2) is 18.2 Å². The number of urea groups is 1. The van der Waals surface area contributed by atoms with E-state index in [1.165, 1.54) is 0 Å². The molecule has 0 spiro atoms. The number of nitrogens with two attached hydrogens (primary N) is 1. The molecule has 11 heteroatoms. The Morgan fingerprint density at radius 1 is 1.33 bits per heavy atom. The maximum absolute atomic E-state index is 12.8. The number of benzene rings is 1. The van der Waals surface area contributed by atoms with Crippen molar-refractivity contribution < 1.29 is 23.1 Å². The van der Waals surface area contributed by atoms with E-state index in [4.69, 9.17) is 17.3 Å². The van der Waals surface area contributed by atoms with Gasteiger partial charge in [0.1, 0.15) is 5.69 Å². The molecular weight excluding hydrogens is 456 g/mol. The number of nitrogens with zero attached hydrogens (tertiary/aromatic N) is 3. The fraction of sp³-hybridized carbons (Fsp3) is 0.500. The first-order chi connectivity index (χ1) is 15.8. The predicted octanol–water partition coefficient (Wildman–Crippen LogP) is 3.41. The van der Waals surface area contributed by atoms with Crippen LogP contribution in [-0.4, -0.2) is 52.4 Å². The number of alkyl halides is 2. The average molecular weight is 482 g/mol. The highest BCUT2D eigenvalue weighted by atomic mass is 35.5. The van der Waals surface area contributed by atoms with Gasteiger partial charge in [0.2, 0.25) is 0 Å². The Morgan fingerprint density at radius 2 is 2.12 bits per heavy atom. The fourth-order valence-electron chi connectivity index (χ4n) is 4.34. The Labute approximate surface area is 195 Å². The molecule has 1 unspecified atom stereocenters. The number of primary amides is 1. The predicted molar refractivity (Wildman–Crippen MR) is 118 cm³/mol. The number of hydrogen-bond acceptors (Lipinski definition) is 4. The number of ether oxygens (including phenoxy) is 1. The molecule has 1 aliphatic carbocycles. The first-order valence-corrected chi connectivity index (χ1v) is 11.3. The summed E-state index contributed by atoms with van der Waals surface area (Å²) in [6.07, 6.45) is 2.21. The summed E-state index contributed by atoms with van der Waals surface area (Å²) in [6.45, 7) is 0.0268. The van der Waals surface area contributed by atoms with Gasteiger partial charge in [-0.25, -0.2) is 4.79 Å². The topological polar surface area (TPSA) is 102 Å². The molecule has 0 radical (unpaired) electrons. The van der Waals surface area contributed by atoms with Gasteiger partial charge in [-0.05, 0) is 30.9 Å². The van der Waals surface area contributed by atoms with Gasteiger partial charge in [0.25, 0.3) is 5.91 Å². The molecule has 1 aromatic carbocycles. The van der Waals surface area contributed by atoms with Crippen LogP contribution in [0.4, 0.5) is 13.6 Å². The van der Waals surface area contributed by atoms with Crippen LogP contribution in [0.2, 0.25) is 5.02 Å². The Bertz CT molecular complexity index is 1060. The van der Waals surface area contributed by atoms with Crippen molar-refractivity contribution in [1.29, 1.82) is 0 Å². The number of carbonyl (C=O) groups is 2. The molecule has 1 aliphatic heterocycles. The number of aromatic nitrogens is 2. The van der Waals surface area contributed by atoms with Gasteiger partial charge in [-0.3, -0.25) is 9.48 Å². The van der Waals surface area contributed by atoms with E-state index < -0.39 is 12.5 Å². The van der Waals surface area contributed by atoms with E-state index >= 15 is 0 Å². The van der Waals surface area contributed by atoms with Crippen LogP contribution >= 0.6 is 11.6 Å². The van der Waals surface area contributed by atoms with Gasteiger partial charge in [0, 0.05) is 29.1 Å². The second-order valence-corrected chi connectivity index (χ2v) is 8.73. The van der Waals surface area contributed by atoms with Gasteiger partial charge in [-0.15, -0.1) is 0 Å². The lowest BCUT2D eigenvalue weighted by molar-refractivity contribution is -0.146. The van der Waals surface area contributed by atoms with E-state index in [1.54, 1.807) is 15.6 Å². The molecule has 2 aliphatic rings. The molecule has 3 N–H and O–H groups in total. The van der Waals surface area contributed by atoms with Crippen LogP contribution in [0.5, 0.6) is 0 Å². The second kappa shape index (κ2) is 9.64. The minimum Gasteiger partial charge on any atom is -0.365 e. The molecule has 1 fully saturated rings. The third kappa shape index (κ3) is 4.81. The largest absolute Gasteiger partial charge is 0.365 e. The van der Waals surface area contributed by atoms with Gasteiger partial charge >= 0.3 is 12.6 Å². The summed E-state index contributed by atoms with van der Waals surface area (Å²) in [6, 6.07) is 4.99. The van der Waals surface area contributed by atoms with E-state index in [9.17, 15) is 18.4 Å². The number of hydrogen-bond donors (Lipinski definition) is 2. The van der Waals surface area contributed by atoms with Crippen molar-refractivity contribution >= 4 is 23.5 Å². The number of rotatable bonds is 7. The summed E-state index contributed by atoms with van der Waals surface area (Å²) in [7, 11) is 0. The van der Waals surface area contributed by atoms with Gasteiger partial charge in [-0.2, -0.15) is 13.9 Å². The number of fused-ring (bicyclic) bond motifs is 1. The lowest BCUT2D eigenvalue weighted by Gasteiger charge is -2.38. The lowest BCUT2D eigenvalue weighted by Crippen LogP contribution is -2.54. The molecule has 0 saturated heterocycles. The van der Waals surface area contributed by atoms with Crippen molar-refractivity contribution in [2.75, 3.05) is 13.2 Å². The molecule has 33 heavy (non-hydrogen) atoms. The van der Waals surface area contributed by atoms with Gasteiger partial charge in [-0.1, -0.05) is 30.7 Å². The molecular formula is C22H26ClF2N5O3. The highest BCUT2D eigenvalue weighted by Gasteiger charge is 2.35. The summed E-state index contributed by atoms with van der Waals surface area (Å²) in [5.74, 6) is -0.769. The number of halogens is 3. The number of nitrogens with one attached hydrogen (secondary N) is 1. The Hall–Kier alpha value is -2.72. The monoisotopic (exact) mass is 481 g/mol. The third-order valence-corrected chi connectivity index (χ3v) is 6.74. The van der Waals surface area contributed by atoms with Crippen molar-refractivity contribution in [3.63, 3.8) is 0 Å². The Balaban J connectivity index is 1.51. The van der Waals surface area contributed by atoms with Crippen molar-refractivity contribution in [3.05, 3.63) is 40.0 Å². The third-order valence-electron chi connectivity index (χ3n) is 6.38. The van der Waals surface area contributed by atoms with Crippen LogP contribution in [0, 0.1) is 5.92 Å². The minimum atomic E-state index is -2.82. The molecule has 1 aromatic heterocycles. The van der Waals surface area contributed by atoms with Crippen LogP contribution in [-0.2, 0) is 24.2 Å². The quantitative estimate of drug-likeness (QED) is 0.632. The first-order valence-electron chi connectivity index (χ1n) is 10.9. The molecule has 2 heterocycles. The van der Waals surface area contributed by atoms with Crippen LogP contribution in [0.3, 0.4) is 0 Å². The fourth-order valence-corrected chi connectivity index (χ4v) is 4.65. The maximum atomic E-state index is 12.8. The Kier molecular flexibility index (Phi) is 6.85. The van der Waals surface area contributed by atoms with Crippen molar-refractivity contribution in [3.8, 4) is 11.3 Å². The van der Waals surface area contributed by atoms with Gasteiger partial charge in [0.15, 0.2) is 0 Å². The Morgan fingerprint density at radius 3 is 2.73 bits per heavy atom. The van der Waals surface area contributed by atoms with E-state index in [1.807, 2.05) is 19.1 Å². The standard InChI is InChI=1S/C22H26ClF2N5O3/c1-2-12-3-4-13(9-15(12)23)19-18(20(26)31)17-10-29(7-8-30(17)28-19)22(32)27-16-6-5-14(16)11-33-21(24)25/h3-4,9,14,16,21H,2,5-8,10-11H2,1H3,(H2,26,31)(H,27,32)/t14?,16-/m1/s1. The normalized spacial score (nSPS) is 19.8. The molecule has 2 aromatic rings. The number of carbonyl (C=O) groups excluding carboxylic acids is 2. The van der Waals surface area contributed by atoms with E-state index in [2.05, 4.69) is 15.2 Å². The van der Waals surface area contributed by atoms with E-state index in [0.29, 0.717) is 41.5 Å². The van der Waals surface area contributed by atoms with Crippen LogP contribution < -0.4 is 11.1 Å². The summed E-state index contributed by atoms with van der Waals surface area (Å²) < 4.78 is 30.7. The zero-order chi connectivity index (χ0) is 23.7. The maximum Gasteiger partial charge on any atom is 0.345 e. The molecule has 8 nitrogen and oxygen atoms in total. The molecule has 2 atom stereocenters. The SMILES string of the molecule is CCc1ccc(-c2nn3c(c2C(N)=O)CN(C(=O)N[C@@H]2CCC2COC(F)F)CC3)cc1Cl. The smallest absolute Gasteiger partial charge is 0.345 e. The zero-order valence-corrected chi connectivity index (χ0v) is 18.9. The summed E-state index contributed by atoms with van der Waals surface area (Å²) in [5, 5.41) is 8.07. The molecule has 3 amide bonds. The average Bonchev–Trinajstić information content (AvgIpc) is 3.15. The molecule has 1 saturated carbocycles. The minimum absolute atomic E-state index is 0.0933. The van der Waals surface area contributed by atoms with E-state index in [0.717, 1.165) is 18.4 Å². The summed E-state index contributed by atoms with van der Waals surface area (Å²) in [4.78, 5) is 26.8. The highest BCUT2D eigenvalue weighted by Crippen LogP contribution is 2.32. The lowest BCUT2D eigenvalue weighted by atomic mass is 9.80.